The van der Waals surface area contributed by atoms with E-state index in [-0.39, 0.29) is 6.61 Å². The molecule has 0 unspecified atom stereocenters. The smallest absolute Gasteiger partial charge is 0.0697 e. The van der Waals surface area contributed by atoms with E-state index in [1.165, 1.54) is 0 Å². The molecule has 0 aliphatic carbocycles. The minimum atomic E-state index is -0.0656. The summed E-state index contributed by atoms with van der Waals surface area (Å²) in [5.74, 6) is 0. The number of nitrogens with two attached hydrogens (primary N) is 1. The van der Waals surface area contributed by atoms with E-state index in [9.17, 15) is 0 Å². The Morgan fingerprint density at radius 1 is 1.50 bits per heavy atom. The van der Waals surface area contributed by atoms with Crippen LogP contribution in [-0.2, 0) is 6.61 Å². The number of benzene rings is 1. The fourth-order valence-corrected chi connectivity index (χ4v) is 0.893. The largest absolute Gasteiger partial charge is 0.399 e. The standard InChI is InChI=1S/C7H8ClNO/c8-7-2-1-6(9)3-5(7)4-10/h1-3,10H,4,9H2. The van der Waals surface area contributed by atoms with Crippen molar-refractivity contribution in [2.75, 3.05) is 5.73 Å². The summed E-state index contributed by atoms with van der Waals surface area (Å²) in [5, 5.41) is 9.26. The fourth-order valence-electron chi connectivity index (χ4n) is 0.716. The average Bonchev–Trinajstić information content (AvgIpc) is 1.94. The third-order valence-electron chi connectivity index (χ3n) is 1.24. The molecule has 3 heteroatoms. The number of halogens is 1. The van der Waals surface area contributed by atoms with E-state index in [1.807, 2.05) is 0 Å². The lowest BCUT2D eigenvalue weighted by Gasteiger charge is -1.99. The Bertz CT molecular complexity index is 237. The van der Waals surface area contributed by atoms with Gasteiger partial charge in [0.1, 0.15) is 0 Å². The van der Waals surface area contributed by atoms with Gasteiger partial charge in [-0.1, -0.05) is 11.6 Å². The van der Waals surface area contributed by atoms with Crippen molar-refractivity contribution >= 4 is 17.3 Å². The molecule has 0 saturated carbocycles. The number of aliphatic hydroxyl groups excluding tert-OH is 1. The molecule has 0 radical (unpaired) electrons. The Balaban J connectivity index is 3.09. The van der Waals surface area contributed by atoms with E-state index in [0.717, 1.165) is 0 Å². The van der Waals surface area contributed by atoms with E-state index in [0.29, 0.717) is 16.3 Å². The van der Waals surface area contributed by atoms with Crippen LogP contribution in [0.2, 0.25) is 5.02 Å². The van der Waals surface area contributed by atoms with Gasteiger partial charge in [0.15, 0.2) is 0 Å². The first-order chi connectivity index (χ1) is 4.74. The van der Waals surface area contributed by atoms with Gasteiger partial charge < -0.3 is 10.8 Å². The summed E-state index contributed by atoms with van der Waals surface area (Å²) in [6.45, 7) is -0.0656. The molecule has 0 spiro atoms. The van der Waals surface area contributed by atoms with Crippen molar-refractivity contribution in [2.24, 2.45) is 0 Å². The van der Waals surface area contributed by atoms with Gasteiger partial charge in [-0.3, -0.25) is 0 Å². The van der Waals surface area contributed by atoms with Crippen LogP contribution in [0.15, 0.2) is 18.2 Å². The van der Waals surface area contributed by atoms with Gasteiger partial charge in [-0.25, -0.2) is 0 Å². The topological polar surface area (TPSA) is 46.2 Å². The molecular formula is C7H8ClNO. The molecule has 0 saturated heterocycles. The zero-order chi connectivity index (χ0) is 7.56. The monoisotopic (exact) mass is 157 g/mol. The molecule has 0 fully saturated rings. The second-order valence-electron chi connectivity index (χ2n) is 2.01. The van der Waals surface area contributed by atoms with Crippen molar-refractivity contribution in [2.45, 2.75) is 6.61 Å². The summed E-state index contributed by atoms with van der Waals surface area (Å²) in [4.78, 5) is 0. The maximum absolute atomic E-state index is 8.70. The summed E-state index contributed by atoms with van der Waals surface area (Å²) in [6.07, 6.45) is 0. The second kappa shape index (κ2) is 2.90. The number of hydrogen-bond acceptors (Lipinski definition) is 2. The molecule has 1 aromatic carbocycles. The van der Waals surface area contributed by atoms with Crippen LogP contribution in [0.5, 0.6) is 0 Å². The fraction of sp³-hybridized carbons (Fsp3) is 0.143. The molecule has 2 nitrogen and oxygen atoms in total. The Kier molecular flexibility index (Phi) is 2.14. The molecule has 0 aromatic heterocycles. The van der Waals surface area contributed by atoms with Crippen LogP contribution in [0.3, 0.4) is 0 Å². The number of aliphatic hydroxyl groups is 1. The van der Waals surface area contributed by atoms with Crippen LogP contribution >= 0.6 is 11.6 Å². The summed E-state index contributed by atoms with van der Waals surface area (Å²) in [6, 6.07) is 5.02. The molecule has 0 heterocycles. The SMILES string of the molecule is Nc1ccc(Cl)c(CO)c1. The molecule has 0 amide bonds. The zero-order valence-electron chi connectivity index (χ0n) is 5.34. The van der Waals surface area contributed by atoms with Crippen molar-refractivity contribution in [1.29, 1.82) is 0 Å². The molecule has 1 rings (SSSR count). The van der Waals surface area contributed by atoms with Crippen LogP contribution in [0, 0.1) is 0 Å². The summed E-state index contributed by atoms with van der Waals surface area (Å²) < 4.78 is 0. The van der Waals surface area contributed by atoms with Gasteiger partial charge in [0.2, 0.25) is 0 Å². The number of hydrogen-bond donors (Lipinski definition) is 2. The van der Waals surface area contributed by atoms with E-state index < -0.39 is 0 Å². The predicted octanol–water partition coefficient (Wildman–Crippen LogP) is 1.41. The van der Waals surface area contributed by atoms with Crippen LogP contribution in [0.1, 0.15) is 5.56 Å². The lowest BCUT2D eigenvalue weighted by Crippen LogP contribution is -1.89. The highest BCUT2D eigenvalue weighted by Crippen LogP contribution is 2.18. The van der Waals surface area contributed by atoms with E-state index in [4.69, 9.17) is 22.4 Å². The van der Waals surface area contributed by atoms with E-state index in [2.05, 4.69) is 0 Å². The lowest BCUT2D eigenvalue weighted by molar-refractivity contribution is 0.282. The summed E-state index contributed by atoms with van der Waals surface area (Å²) in [7, 11) is 0. The number of anilines is 1. The molecular weight excluding hydrogens is 150 g/mol. The van der Waals surface area contributed by atoms with Gasteiger partial charge >= 0.3 is 0 Å². The maximum Gasteiger partial charge on any atom is 0.0697 e. The van der Waals surface area contributed by atoms with Crippen LogP contribution < -0.4 is 5.73 Å². The molecule has 0 atom stereocenters. The van der Waals surface area contributed by atoms with Crippen molar-refractivity contribution in [3.05, 3.63) is 28.8 Å². The van der Waals surface area contributed by atoms with E-state index in [1.54, 1.807) is 18.2 Å². The third kappa shape index (κ3) is 1.40. The normalized spacial score (nSPS) is 9.80. The maximum atomic E-state index is 8.70. The Morgan fingerprint density at radius 2 is 2.20 bits per heavy atom. The molecule has 0 aliphatic rings. The third-order valence-corrected chi connectivity index (χ3v) is 1.61. The highest BCUT2D eigenvalue weighted by Gasteiger charge is 1.96. The first-order valence-electron chi connectivity index (χ1n) is 2.89. The summed E-state index contributed by atoms with van der Waals surface area (Å²) >= 11 is 5.68. The molecule has 3 N–H and O–H groups in total. The van der Waals surface area contributed by atoms with Crippen LogP contribution in [0.4, 0.5) is 5.69 Å². The van der Waals surface area contributed by atoms with Gasteiger partial charge in [0, 0.05) is 10.7 Å². The van der Waals surface area contributed by atoms with Crippen molar-refractivity contribution < 1.29 is 5.11 Å². The minimum Gasteiger partial charge on any atom is -0.399 e. The lowest BCUT2D eigenvalue weighted by atomic mass is 10.2. The zero-order valence-corrected chi connectivity index (χ0v) is 6.10. The average molecular weight is 158 g/mol. The van der Waals surface area contributed by atoms with Crippen molar-refractivity contribution in [1.82, 2.24) is 0 Å². The first kappa shape index (κ1) is 7.38. The van der Waals surface area contributed by atoms with Gasteiger partial charge in [-0.05, 0) is 23.8 Å². The Morgan fingerprint density at radius 3 is 2.70 bits per heavy atom. The molecule has 0 aliphatic heterocycles. The quantitative estimate of drug-likeness (QED) is 0.606. The Labute approximate surface area is 64.2 Å². The van der Waals surface area contributed by atoms with Gasteiger partial charge in [-0.2, -0.15) is 0 Å². The minimum absolute atomic E-state index is 0.0656. The first-order valence-corrected chi connectivity index (χ1v) is 3.26. The van der Waals surface area contributed by atoms with Crippen molar-refractivity contribution in [3.8, 4) is 0 Å². The highest BCUT2D eigenvalue weighted by atomic mass is 35.5. The van der Waals surface area contributed by atoms with Crippen LogP contribution in [-0.4, -0.2) is 5.11 Å². The number of rotatable bonds is 1. The molecule has 1 aromatic rings. The molecule has 54 valence electrons. The van der Waals surface area contributed by atoms with Crippen LogP contribution in [0.25, 0.3) is 0 Å². The molecule has 0 bridgehead atoms. The highest BCUT2D eigenvalue weighted by molar-refractivity contribution is 6.31. The van der Waals surface area contributed by atoms with Gasteiger partial charge in [0.25, 0.3) is 0 Å². The second-order valence-corrected chi connectivity index (χ2v) is 2.42. The van der Waals surface area contributed by atoms with Gasteiger partial charge in [-0.15, -0.1) is 0 Å². The Hall–Kier alpha value is -0.730. The van der Waals surface area contributed by atoms with E-state index >= 15 is 0 Å². The number of nitrogen functional groups attached to an aromatic ring is 1. The van der Waals surface area contributed by atoms with Gasteiger partial charge in [0.05, 0.1) is 6.61 Å². The van der Waals surface area contributed by atoms with Crippen molar-refractivity contribution in [3.63, 3.8) is 0 Å². The predicted molar refractivity (Wildman–Crippen MR) is 41.8 cm³/mol. The molecule has 10 heavy (non-hydrogen) atoms. The summed E-state index contributed by atoms with van der Waals surface area (Å²) in [5.41, 5.74) is 6.72.